The molecule has 1 atom stereocenters. The van der Waals surface area contributed by atoms with Crippen LogP contribution < -0.4 is 0 Å². The van der Waals surface area contributed by atoms with Crippen molar-refractivity contribution in [2.24, 2.45) is 0 Å². The van der Waals surface area contributed by atoms with Crippen molar-refractivity contribution in [3.05, 3.63) is 77.1 Å². The smallest absolute Gasteiger partial charge is 0.123 e. The van der Waals surface area contributed by atoms with E-state index in [0.29, 0.717) is 5.92 Å². The molecule has 0 aromatic heterocycles. The number of fused-ring (bicyclic) bond motifs is 1. The highest BCUT2D eigenvalue weighted by Crippen LogP contribution is 2.32. The van der Waals surface area contributed by atoms with E-state index in [1.807, 2.05) is 12.1 Å². The molecule has 2 aromatic carbocycles. The van der Waals surface area contributed by atoms with Crippen LogP contribution in [0, 0.1) is 5.82 Å². The molecular formula is C16H13F. The lowest BCUT2D eigenvalue weighted by Crippen LogP contribution is -1.98. The summed E-state index contributed by atoms with van der Waals surface area (Å²) in [7, 11) is 0. The first-order chi connectivity index (χ1) is 8.33. The van der Waals surface area contributed by atoms with Crippen LogP contribution in [0.25, 0.3) is 6.08 Å². The normalized spacial score (nSPS) is 17.1. The summed E-state index contributed by atoms with van der Waals surface area (Å²) in [5, 5.41) is 0. The van der Waals surface area contributed by atoms with Gasteiger partial charge in [-0.3, -0.25) is 0 Å². The summed E-state index contributed by atoms with van der Waals surface area (Å²) in [5.74, 6) is 0.257. The number of rotatable bonds is 2. The Labute approximate surface area is 100 Å². The molecule has 0 bridgehead atoms. The fraction of sp³-hybridized carbons (Fsp3) is 0.125. The molecule has 1 unspecified atom stereocenters. The van der Waals surface area contributed by atoms with Gasteiger partial charge in [-0.2, -0.15) is 0 Å². The van der Waals surface area contributed by atoms with Gasteiger partial charge in [-0.1, -0.05) is 48.6 Å². The summed E-state index contributed by atoms with van der Waals surface area (Å²) in [6.45, 7) is 0. The van der Waals surface area contributed by atoms with Crippen molar-refractivity contribution >= 4 is 6.08 Å². The Morgan fingerprint density at radius 3 is 2.53 bits per heavy atom. The van der Waals surface area contributed by atoms with Crippen LogP contribution in [0.3, 0.4) is 0 Å². The molecule has 0 N–H and O–H groups in total. The first-order valence-electron chi connectivity index (χ1n) is 5.84. The zero-order valence-corrected chi connectivity index (χ0v) is 9.44. The van der Waals surface area contributed by atoms with E-state index in [9.17, 15) is 4.39 Å². The molecule has 0 radical (unpaired) electrons. The van der Waals surface area contributed by atoms with Crippen LogP contribution in [0.2, 0.25) is 0 Å². The number of allylic oxidation sites excluding steroid dienone is 1. The van der Waals surface area contributed by atoms with E-state index in [1.165, 1.54) is 28.8 Å². The average molecular weight is 224 g/mol. The van der Waals surface area contributed by atoms with Crippen molar-refractivity contribution < 1.29 is 4.39 Å². The van der Waals surface area contributed by atoms with Gasteiger partial charge in [0.25, 0.3) is 0 Å². The Kier molecular flexibility index (Phi) is 2.52. The second-order valence-corrected chi connectivity index (χ2v) is 4.43. The highest BCUT2D eigenvalue weighted by molar-refractivity contribution is 5.62. The Morgan fingerprint density at radius 2 is 1.71 bits per heavy atom. The molecule has 0 saturated carbocycles. The maximum absolute atomic E-state index is 12.8. The van der Waals surface area contributed by atoms with Crippen LogP contribution in [-0.4, -0.2) is 0 Å². The molecular weight excluding hydrogens is 211 g/mol. The molecule has 1 aliphatic carbocycles. The monoisotopic (exact) mass is 224 g/mol. The minimum Gasteiger partial charge on any atom is -0.207 e. The van der Waals surface area contributed by atoms with E-state index < -0.39 is 0 Å². The molecule has 84 valence electrons. The van der Waals surface area contributed by atoms with Gasteiger partial charge in [-0.05, 0) is 35.2 Å². The lowest BCUT2D eigenvalue weighted by molar-refractivity contribution is 0.626. The maximum atomic E-state index is 12.8. The van der Waals surface area contributed by atoms with Gasteiger partial charge in [-0.15, -0.1) is 0 Å². The minimum atomic E-state index is -0.170. The lowest BCUT2D eigenvalue weighted by Gasteiger charge is -2.10. The van der Waals surface area contributed by atoms with E-state index in [4.69, 9.17) is 0 Å². The largest absolute Gasteiger partial charge is 0.207 e. The first kappa shape index (κ1) is 10.3. The number of benzene rings is 2. The van der Waals surface area contributed by atoms with Gasteiger partial charge in [0.15, 0.2) is 0 Å². The van der Waals surface area contributed by atoms with Gasteiger partial charge < -0.3 is 0 Å². The SMILES string of the molecule is Fc1ccc(CC2C=Cc3ccccc32)cc1. The molecule has 0 nitrogen and oxygen atoms in total. The van der Waals surface area contributed by atoms with Crippen molar-refractivity contribution in [3.63, 3.8) is 0 Å². The lowest BCUT2D eigenvalue weighted by atomic mass is 9.94. The number of halogens is 1. The van der Waals surface area contributed by atoms with E-state index in [0.717, 1.165) is 6.42 Å². The van der Waals surface area contributed by atoms with Crippen molar-refractivity contribution in [3.8, 4) is 0 Å². The summed E-state index contributed by atoms with van der Waals surface area (Å²) >= 11 is 0. The minimum absolute atomic E-state index is 0.170. The Bertz CT molecular complexity index is 552. The standard InChI is InChI=1S/C16H13F/c17-15-9-5-12(6-10-15)11-14-8-7-13-3-1-2-4-16(13)14/h1-10,14H,11H2. The quantitative estimate of drug-likeness (QED) is 0.718. The molecule has 0 aliphatic heterocycles. The fourth-order valence-corrected chi connectivity index (χ4v) is 2.38. The van der Waals surface area contributed by atoms with E-state index in [1.54, 1.807) is 0 Å². The van der Waals surface area contributed by atoms with Crippen molar-refractivity contribution in [1.82, 2.24) is 0 Å². The zero-order valence-electron chi connectivity index (χ0n) is 9.44. The highest BCUT2D eigenvalue weighted by atomic mass is 19.1. The van der Waals surface area contributed by atoms with Crippen LogP contribution in [0.5, 0.6) is 0 Å². The Balaban J connectivity index is 1.84. The average Bonchev–Trinajstić information content (AvgIpc) is 2.76. The Morgan fingerprint density at radius 1 is 0.941 bits per heavy atom. The third-order valence-electron chi connectivity index (χ3n) is 3.27. The second kappa shape index (κ2) is 4.17. The summed E-state index contributed by atoms with van der Waals surface area (Å²) in [6, 6.07) is 15.2. The number of hydrogen-bond donors (Lipinski definition) is 0. The molecule has 0 heterocycles. The van der Waals surface area contributed by atoms with Gasteiger partial charge in [0.05, 0.1) is 0 Å². The molecule has 3 rings (SSSR count). The van der Waals surface area contributed by atoms with Gasteiger partial charge in [0.2, 0.25) is 0 Å². The van der Waals surface area contributed by atoms with Crippen LogP contribution in [0.4, 0.5) is 4.39 Å². The predicted molar refractivity (Wildman–Crippen MR) is 68.3 cm³/mol. The van der Waals surface area contributed by atoms with Crippen molar-refractivity contribution in [1.29, 1.82) is 0 Å². The second-order valence-electron chi connectivity index (χ2n) is 4.43. The summed E-state index contributed by atoms with van der Waals surface area (Å²) in [6.07, 6.45) is 5.34. The summed E-state index contributed by atoms with van der Waals surface area (Å²) in [4.78, 5) is 0. The molecule has 2 aromatic rings. The number of hydrogen-bond acceptors (Lipinski definition) is 0. The molecule has 0 saturated heterocycles. The topological polar surface area (TPSA) is 0 Å². The van der Waals surface area contributed by atoms with E-state index in [-0.39, 0.29) is 5.82 Å². The van der Waals surface area contributed by atoms with Gasteiger partial charge >= 0.3 is 0 Å². The summed E-state index contributed by atoms with van der Waals surface area (Å²) < 4.78 is 12.8. The molecule has 17 heavy (non-hydrogen) atoms. The van der Waals surface area contributed by atoms with Crippen LogP contribution >= 0.6 is 0 Å². The van der Waals surface area contributed by atoms with Crippen LogP contribution in [0.15, 0.2) is 54.6 Å². The third-order valence-corrected chi connectivity index (χ3v) is 3.27. The molecule has 1 aliphatic rings. The van der Waals surface area contributed by atoms with Gasteiger partial charge in [0.1, 0.15) is 5.82 Å². The van der Waals surface area contributed by atoms with E-state index in [2.05, 4.69) is 36.4 Å². The van der Waals surface area contributed by atoms with Crippen LogP contribution in [-0.2, 0) is 6.42 Å². The van der Waals surface area contributed by atoms with Crippen molar-refractivity contribution in [2.75, 3.05) is 0 Å². The fourth-order valence-electron chi connectivity index (χ4n) is 2.38. The predicted octanol–water partition coefficient (Wildman–Crippen LogP) is 4.18. The van der Waals surface area contributed by atoms with Gasteiger partial charge in [-0.25, -0.2) is 4.39 Å². The third kappa shape index (κ3) is 2.01. The summed E-state index contributed by atoms with van der Waals surface area (Å²) in [5.41, 5.74) is 3.86. The zero-order chi connectivity index (χ0) is 11.7. The molecule has 0 amide bonds. The maximum Gasteiger partial charge on any atom is 0.123 e. The highest BCUT2D eigenvalue weighted by Gasteiger charge is 2.16. The molecule has 0 spiro atoms. The molecule has 0 fully saturated rings. The first-order valence-corrected chi connectivity index (χ1v) is 5.84. The van der Waals surface area contributed by atoms with Crippen LogP contribution in [0.1, 0.15) is 22.6 Å². The van der Waals surface area contributed by atoms with Gasteiger partial charge in [0, 0.05) is 5.92 Å². The van der Waals surface area contributed by atoms with Crippen molar-refractivity contribution in [2.45, 2.75) is 12.3 Å². The molecule has 1 heteroatoms. The van der Waals surface area contributed by atoms with E-state index >= 15 is 0 Å². The Hall–Kier alpha value is -1.89.